The Morgan fingerprint density at radius 3 is 1.45 bits per heavy atom. The average Bonchev–Trinajstić information content (AvgIpc) is 3.71. The van der Waals surface area contributed by atoms with Gasteiger partial charge in [0, 0.05) is 0 Å². The molecule has 0 aromatic carbocycles. The van der Waals surface area contributed by atoms with Crippen LogP contribution in [-0.2, 0) is 54.9 Å². The van der Waals surface area contributed by atoms with Gasteiger partial charge in [0.15, 0.2) is 0 Å². The zero-order valence-electron chi connectivity index (χ0n) is 27.5. The van der Waals surface area contributed by atoms with Gasteiger partial charge < -0.3 is 61.4 Å². The molecule has 2 saturated heterocycles. The molecule has 0 spiro atoms. The number of aromatic nitrogens is 8. The number of imidazole rings is 2. The second kappa shape index (κ2) is 14.0. The highest BCUT2D eigenvalue weighted by molar-refractivity contribution is 7.86. The lowest BCUT2D eigenvalue weighted by atomic mass is 10.1. The number of nitrogens with zero attached hydrogens (tertiary/aromatic N) is 8. The smallest absolute Gasteiger partial charge is 0.478 e. The van der Waals surface area contributed by atoms with Crippen molar-refractivity contribution < 1.29 is 90.4 Å². The summed E-state index contributed by atoms with van der Waals surface area (Å²) in [5.41, 5.74) is 11.4. The van der Waals surface area contributed by atoms with Crippen molar-refractivity contribution in [2.75, 3.05) is 24.7 Å². The van der Waals surface area contributed by atoms with Gasteiger partial charge in [-0.25, -0.2) is 26.9 Å². The molecule has 2 fully saturated rings. The minimum Gasteiger partial charge on any atom is -0.490 e. The molecule has 0 bridgehead atoms. The molecule has 0 amide bonds. The van der Waals surface area contributed by atoms with Gasteiger partial charge in [0.25, 0.3) is 49.1 Å². The number of aliphatic hydroxyl groups excluding tert-OH is 4. The Labute approximate surface area is 296 Å². The average molecular weight is 814 g/mol. The lowest BCUT2D eigenvalue weighted by Gasteiger charge is -2.22. The number of fused-ring (bicyclic) bond motifs is 2. The van der Waals surface area contributed by atoms with Crippen molar-refractivity contribution in [2.24, 2.45) is 14.1 Å². The van der Waals surface area contributed by atoms with Gasteiger partial charge in [-0.3, -0.25) is 13.6 Å². The van der Waals surface area contributed by atoms with Crippen LogP contribution in [0.3, 0.4) is 0 Å². The summed E-state index contributed by atoms with van der Waals surface area (Å²) in [5.74, 6) is -1.60. The third-order valence-corrected chi connectivity index (χ3v) is 13.0. The van der Waals surface area contributed by atoms with Crippen LogP contribution >= 0.6 is 23.1 Å². The molecule has 4 aromatic rings. The second-order valence-corrected chi connectivity index (χ2v) is 17.2. The van der Waals surface area contributed by atoms with E-state index in [9.17, 15) is 54.1 Å². The molecule has 10 atom stereocenters. The van der Waals surface area contributed by atoms with Crippen LogP contribution in [0.1, 0.15) is 12.5 Å². The van der Waals surface area contributed by atoms with Crippen molar-refractivity contribution in [1.82, 2.24) is 29.1 Å². The molecule has 12 N–H and O–H groups in total. The third kappa shape index (κ3) is 7.75. The highest BCUT2D eigenvalue weighted by atomic mass is 31.3. The molecular weight excluding hydrogens is 780 g/mol. The number of nitrogen functional groups attached to an aromatic ring is 2. The van der Waals surface area contributed by atoms with Crippen LogP contribution in [-0.4, -0.2) is 127 Å². The van der Waals surface area contributed by atoms with Crippen LogP contribution < -0.4 is 20.6 Å². The largest absolute Gasteiger partial charge is 0.490 e. The summed E-state index contributed by atoms with van der Waals surface area (Å²) >= 11 is 0. The Morgan fingerprint density at radius 2 is 1.09 bits per heavy atom. The number of hydrogen-bond acceptors (Lipinski definition) is 21. The minimum absolute atomic E-state index is 0.00160. The van der Waals surface area contributed by atoms with Crippen molar-refractivity contribution in [3.63, 3.8) is 0 Å². The first-order valence-corrected chi connectivity index (χ1v) is 20.0. The van der Waals surface area contributed by atoms with Crippen LogP contribution in [0, 0.1) is 0 Å². The maximum atomic E-state index is 12.9. The van der Waals surface area contributed by atoms with Crippen molar-refractivity contribution >= 4 is 64.9 Å². The fraction of sp³-hybridized carbons (Fsp3) is 0.545. The highest BCUT2D eigenvalue weighted by Crippen LogP contribution is 2.67. The Hall–Kier alpha value is -3.43. The van der Waals surface area contributed by atoms with Crippen LogP contribution in [0.5, 0.6) is 11.8 Å². The van der Waals surface area contributed by atoms with Crippen molar-refractivity contribution in [3.8, 4) is 11.8 Å². The maximum absolute atomic E-state index is 12.9. The number of anilines is 2. The van der Waals surface area contributed by atoms with E-state index in [1.165, 1.54) is 45.0 Å². The van der Waals surface area contributed by atoms with E-state index >= 15 is 0 Å². The standard InChI is InChI=1S/C22H32BN10O17P3/c1-30-5-32(15-9(30)17(38)28-21(24)26-15)19-13(36)11(34)7(47-19)3-45-52(41,42)49-51(23,40)50-53(43,44)46-4-8-12(35)14(37)20(48-8)33-6-31(2)10-16(33)27-22(25)29-18(10)39/h5-8,11-14,19-20,34-37H,3-4,23H2,1-2H3,(H6-2,24,25,26,27,28,29,38,39,41,42,43,44)/p+2/t7-,8-,11?,12?,13?,14?,19-,20-,51?/m1/s1. The van der Waals surface area contributed by atoms with Gasteiger partial charge in [-0.1, -0.05) is 0 Å². The summed E-state index contributed by atoms with van der Waals surface area (Å²) in [4.78, 5) is 35.8. The molecule has 290 valence electrons. The van der Waals surface area contributed by atoms with Crippen molar-refractivity contribution in [2.45, 2.75) is 49.1 Å². The van der Waals surface area contributed by atoms with E-state index in [-0.39, 0.29) is 34.2 Å². The molecule has 31 heteroatoms. The van der Waals surface area contributed by atoms with Crippen LogP contribution in [0.15, 0.2) is 12.7 Å². The zero-order valence-corrected chi connectivity index (χ0v) is 30.2. The minimum atomic E-state index is -5.43. The van der Waals surface area contributed by atoms with E-state index in [1.807, 2.05) is 0 Å². The number of aryl methyl sites for hydroxylation is 2. The molecule has 4 aromatic heterocycles. The van der Waals surface area contributed by atoms with Crippen molar-refractivity contribution in [1.29, 1.82) is 0 Å². The van der Waals surface area contributed by atoms with E-state index in [2.05, 4.69) is 28.6 Å². The Bertz CT molecular complexity index is 2060. The number of nitrogens with two attached hydrogens (primary N) is 2. The predicted octanol–water partition coefficient (Wildman–Crippen LogP) is -4.65. The predicted molar refractivity (Wildman–Crippen MR) is 171 cm³/mol. The van der Waals surface area contributed by atoms with Crippen LogP contribution in [0.25, 0.3) is 22.3 Å². The second-order valence-electron chi connectivity index (χ2n) is 12.0. The lowest BCUT2D eigenvalue weighted by molar-refractivity contribution is -0.646. The number of phosphoric acid groups is 2. The van der Waals surface area contributed by atoms with Gasteiger partial charge in [-0.05, 0) is 0 Å². The summed E-state index contributed by atoms with van der Waals surface area (Å²) in [6, 6.07) is 0. The van der Waals surface area contributed by atoms with E-state index in [1.54, 1.807) is 0 Å². The van der Waals surface area contributed by atoms with Gasteiger partial charge in [0.05, 0.1) is 27.3 Å². The summed E-state index contributed by atoms with van der Waals surface area (Å²) in [5, 5.41) is 62.8. The fourth-order valence-electron chi connectivity index (χ4n) is 5.82. The Balaban J connectivity index is 1.05. The van der Waals surface area contributed by atoms with Crippen LogP contribution in [0.4, 0.5) is 11.9 Å². The van der Waals surface area contributed by atoms with E-state index in [0.29, 0.717) is 7.57 Å². The van der Waals surface area contributed by atoms with Gasteiger partial charge >= 0.3 is 15.6 Å². The van der Waals surface area contributed by atoms with Gasteiger partial charge in [-0.15, -0.1) is 0 Å². The lowest BCUT2D eigenvalue weighted by Crippen LogP contribution is -2.34. The summed E-state index contributed by atoms with van der Waals surface area (Å²) < 4.78 is 73.2. The Kier molecular flexibility index (Phi) is 10.4. The van der Waals surface area contributed by atoms with Crippen LogP contribution in [0.2, 0.25) is 0 Å². The first kappa shape index (κ1) is 39.3. The van der Waals surface area contributed by atoms with Gasteiger partial charge in [0.1, 0.15) is 36.6 Å². The molecule has 6 heterocycles. The molecule has 6 unspecified atom stereocenters. The summed E-state index contributed by atoms with van der Waals surface area (Å²) in [6.07, 6.45) is -9.98. The first-order valence-electron chi connectivity index (χ1n) is 15.0. The number of phosphoric ester groups is 2. The third-order valence-electron chi connectivity index (χ3n) is 8.05. The van der Waals surface area contributed by atoms with Gasteiger partial charge in [0.2, 0.25) is 37.0 Å². The number of rotatable bonds is 12. The highest BCUT2D eigenvalue weighted by Gasteiger charge is 2.51. The van der Waals surface area contributed by atoms with Gasteiger partial charge in [-0.2, -0.15) is 29.1 Å². The van der Waals surface area contributed by atoms with E-state index < -0.39 is 97.2 Å². The molecule has 2 aliphatic heterocycles. The van der Waals surface area contributed by atoms with E-state index in [0.717, 1.165) is 0 Å². The molecule has 53 heavy (non-hydrogen) atoms. The molecular formula is C22H34BN10O17P3+2. The topological polar surface area (TPSA) is 390 Å². The first-order chi connectivity index (χ1) is 24.6. The number of hydrogen-bond donors (Lipinski definition) is 10. The normalized spacial score (nSPS) is 29.7. The molecule has 2 aliphatic rings. The monoisotopic (exact) mass is 814 g/mol. The fourth-order valence-corrected chi connectivity index (χ4v) is 10.3. The number of aromatic hydroxyl groups is 2. The van der Waals surface area contributed by atoms with Crippen molar-refractivity contribution in [3.05, 3.63) is 12.7 Å². The summed E-state index contributed by atoms with van der Waals surface area (Å²) in [6.45, 7) is -1.92. The number of aliphatic hydroxyl groups is 4. The molecule has 0 saturated carbocycles. The molecule has 0 aliphatic carbocycles. The summed E-state index contributed by atoms with van der Waals surface area (Å²) in [7, 11) is -12.3. The maximum Gasteiger partial charge on any atom is 0.478 e. The SMILES string of the molecule is BP(=O)(OP(=O)(O)OC[C@H]1O[C@@H](n2c[n+](C)c3c(O)nc(N)nc32)C(O)C1O)OP(=O)(O)OC[C@H]1O[C@@H](n2c[n+](C)c3c(O)nc(N)nc32)C(O)C1O. The van der Waals surface area contributed by atoms with E-state index in [4.69, 9.17) is 30.0 Å². The molecule has 0 radical (unpaired) electrons. The quantitative estimate of drug-likeness (QED) is 0.0365. The Morgan fingerprint density at radius 1 is 0.736 bits per heavy atom. The molecule has 6 rings (SSSR count). The zero-order chi connectivity index (χ0) is 38.9. The molecule has 27 nitrogen and oxygen atoms in total. The number of ether oxygens (including phenoxy) is 2.